The van der Waals surface area contributed by atoms with Gasteiger partial charge in [-0.3, -0.25) is 9.48 Å². The van der Waals surface area contributed by atoms with Crippen LogP contribution in [0.4, 0.5) is 5.69 Å². The molecule has 0 bridgehead atoms. The number of halogens is 1. The molecule has 1 saturated heterocycles. The van der Waals surface area contributed by atoms with Crippen LogP contribution in [-0.2, 0) is 11.8 Å². The molecule has 0 spiro atoms. The minimum Gasteiger partial charge on any atom is -0.365 e. The molecule has 2 rings (SSSR count). The van der Waals surface area contributed by atoms with Crippen LogP contribution < -0.4 is 10.6 Å². The third-order valence-electron chi connectivity index (χ3n) is 3.65. The Bertz CT molecular complexity index is 440. The maximum absolute atomic E-state index is 12.2. The molecule has 1 fully saturated rings. The molecule has 2 heterocycles. The molecule has 0 saturated carbocycles. The van der Waals surface area contributed by atoms with Gasteiger partial charge in [0.25, 0.3) is 0 Å². The summed E-state index contributed by atoms with van der Waals surface area (Å²) >= 11 is 0. The molecular weight excluding hydrogens is 278 g/mol. The van der Waals surface area contributed by atoms with E-state index in [1.807, 2.05) is 38.2 Å². The van der Waals surface area contributed by atoms with Crippen LogP contribution in [0.2, 0.25) is 0 Å². The summed E-state index contributed by atoms with van der Waals surface area (Å²) in [6.07, 6.45) is 3.86. The maximum Gasteiger partial charge on any atom is 0.239 e. The zero-order chi connectivity index (χ0) is 14.0. The molecule has 0 unspecified atom stereocenters. The van der Waals surface area contributed by atoms with E-state index in [9.17, 15) is 4.79 Å². The van der Waals surface area contributed by atoms with Gasteiger partial charge < -0.3 is 15.5 Å². The molecule has 0 radical (unpaired) electrons. The number of hydrogen-bond donors (Lipinski definition) is 1. The van der Waals surface area contributed by atoms with Crippen molar-refractivity contribution in [3.05, 3.63) is 12.4 Å². The van der Waals surface area contributed by atoms with Gasteiger partial charge in [0.2, 0.25) is 5.91 Å². The van der Waals surface area contributed by atoms with Crippen LogP contribution in [0.1, 0.15) is 13.8 Å². The van der Waals surface area contributed by atoms with Crippen molar-refractivity contribution < 1.29 is 4.79 Å². The van der Waals surface area contributed by atoms with Gasteiger partial charge in [0.1, 0.15) is 0 Å². The molecule has 6 nitrogen and oxygen atoms in total. The van der Waals surface area contributed by atoms with Crippen LogP contribution in [0.5, 0.6) is 0 Å². The van der Waals surface area contributed by atoms with E-state index in [0.717, 1.165) is 31.9 Å². The first-order valence-electron chi connectivity index (χ1n) is 6.77. The van der Waals surface area contributed by atoms with E-state index in [1.54, 1.807) is 4.68 Å². The van der Waals surface area contributed by atoms with Crippen LogP contribution in [0, 0.1) is 5.92 Å². The Labute approximate surface area is 126 Å². The van der Waals surface area contributed by atoms with Crippen LogP contribution in [-0.4, -0.2) is 52.8 Å². The van der Waals surface area contributed by atoms with Gasteiger partial charge in [0.15, 0.2) is 0 Å². The largest absolute Gasteiger partial charge is 0.365 e. The third kappa shape index (κ3) is 3.64. The second-order valence-corrected chi connectivity index (χ2v) is 5.45. The summed E-state index contributed by atoms with van der Waals surface area (Å²) in [7, 11) is 1.91. The fourth-order valence-electron chi connectivity index (χ4n) is 2.25. The van der Waals surface area contributed by atoms with Gasteiger partial charge >= 0.3 is 0 Å². The predicted octanol–water partition coefficient (Wildman–Crippen LogP) is 0.474. The van der Waals surface area contributed by atoms with E-state index >= 15 is 0 Å². The van der Waals surface area contributed by atoms with Crippen molar-refractivity contribution in [1.82, 2.24) is 14.7 Å². The molecule has 7 heteroatoms. The van der Waals surface area contributed by atoms with Crippen molar-refractivity contribution >= 4 is 24.0 Å². The minimum atomic E-state index is -0.384. The van der Waals surface area contributed by atoms with Gasteiger partial charge in [0, 0.05) is 39.4 Å². The molecule has 1 aromatic rings. The van der Waals surface area contributed by atoms with Crippen molar-refractivity contribution in [2.24, 2.45) is 18.7 Å². The Morgan fingerprint density at radius 3 is 2.35 bits per heavy atom. The molecule has 1 aliphatic rings. The summed E-state index contributed by atoms with van der Waals surface area (Å²) in [5, 5.41) is 4.17. The zero-order valence-electron chi connectivity index (χ0n) is 12.3. The number of nitrogens with two attached hydrogens (primary N) is 1. The van der Waals surface area contributed by atoms with Crippen LogP contribution in [0.3, 0.4) is 0 Å². The summed E-state index contributed by atoms with van der Waals surface area (Å²) in [5.41, 5.74) is 7.04. The van der Waals surface area contributed by atoms with Gasteiger partial charge in [-0.15, -0.1) is 12.4 Å². The number of piperazine rings is 1. The molecule has 1 amide bonds. The highest BCUT2D eigenvalue weighted by Gasteiger charge is 2.27. The van der Waals surface area contributed by atoms with Crippen molar-refractivity contribution in [2.45, 2.75) is 19.9 Å². The molecule has 1 aromatic heterocycles. The lowest BCUT2D eigenvalue weighted by atomic mass is 10.0. The van der Waals surface area contributed by atoms with Crippen molar-refractivity contribution in [3.63, 3.8) is 0 Å². The third-order valence-corrected chi connectivity index (χ3v) is 3.65. The molecule has 114 valence electrons. The number of aromatic nitrogens is 2. The van der Waals surface area contributed by atoms with Crippen molar-refractivity contribution in [1.29, 1.82) is 0 Å². The number of hydrogen-bond acceptors (Lipinski definition) is 4. The number of rotatable bonds is 3. The van der Waals surface area contributed by atoms with E-state index in [2.05, 4.69) is 10.00 Å². The SMILES string of the molecule is CC(C)[C@H](N)C(=O)N1CCN(c2cnn(C)c2)CC1.Cl. The van der Waals surface area contributed by atoms with E-state index in [4.69, 9.17) is 5.73 Å². The minimum absolute atomic E-state index is 0. The summed E-state index contributed by atoms with van der Waals surface area (Å²) < 4.78 is 1.79. The van der Waals surface area contributed by atoms with Crippen LogP contribution >= 0.6 is 12.4 Å². The maximum atomic E-state index is 12.2. The molecule has 0 aliphatic carbocycles. The quantitative estimate of drug-likeness (QED) is 0.881. The smallest absolute Gasteiger partial charge is 0.239 e. The van der Waals surface area contributed by atoms with Gasteiger partial charge in [-0.1, -0.05) is 13.8 Å². The second kappa shape index (κ2) is 6.95. The number of aryl methyl sites for hydroxylation is 1. The normalized spacial score (nSPS) is 17.1. The molecule has 2 N–H and O–H groups in total. The first kappa shape index (κ1) is 16.8. The van der Waals surface area contributed by atoms with Crippen molar-refractivity contribution in [3.8, 4) is 0 Å². The Hall–Kier alpha value is -1.27. The first-order chi connectivity index (χ1) is 8.99. The molecular formula is C13H24ClN5O. The standard InChI is InChI=1S/C13H23N5O.ClH/c1-10(2)12(14)13(19)18-6-4-17(5-7-18)11-8-15-16(3)9-11;/h8-10,12H,4-7,14H2,1-3H3;1H/t12-;/m0./s1. The summed E-state index contributed by atoms with van der Waals surface area (Å²) in [6.45, 7) is 7.09. The van der Waals surface area contributed by atoms with Gasteiger partial charge in [0.05, 0.1) is 17.9 Å². The summed E-state index contributed by atoms with van der Waals surface area (Å²) in [5.74, 6) is 0.254. The number of amides is 1. The van der Waals surface area contributed by atoms with Gasteiger partial charge in [-0.25, -0.2) is 0 Å². The average molecular weight is 302 g/mol. The lowest BCUT2D eigenvalue weighted by Crippen LogP contribution is -2.54. The van der Waals surface area contributed by atoms with E-state index in [1.165, 1.54) is 0 Å². The number of nitrogens with zero attached hydrogens (tertiary/aromatic N) is 4. The summed E-state index contributed by atoms with van der Waals surface area (Å²) in [6, 6.07) is -0.384. The Balaban J connectivity index is 0.00000200. The lowest BCUT2D eigenvalue weighted by molar-refractivity contribution is -0.133. The van der Waals surface area contributed by atoms with Gasteiger partial charge in [-0.2, -0.15) is 5.10 Å². The topological polar surface area (TPSA) is 67.4 Å². The number of carbonyl (C=O) groups is 1. The Kier molecular flexibility index (Phi) is 5.83. The van der Waals surface area contributed by atoms with E-state index in [-0.39, 0.29) is 30.3 Å². The average Bonchev–Trinajstić information content (AvgIpc) is 2.84. The van der Waals surface area contributed by atoms with Crippen LogP contribution in [0.15, 0.2) is 12.4 Å². The zero-order valence-corrected chi connectivity index (χ0v) is 13.1. The van der Waals surface area contributed by atoms with Crippen LogP contribution in [0.25, 0.3) is 0 Å². The molecule has 1 atom stereocenters. The fraction of sp³-hybridized carbons (Fsp3) is 0.692. The Morgan fingerprint density at radius 1 is 1.30 bits per heavy atom. The highest BCUT2D eigenvalue weighted by Crippen LogP contribution is 2.15. The molecule has 20 heavy (non-hydrogen) atoms. The van der Waals surface area contributed by atoms with Crippen molar-refractivity contribution in [2.75, 3.05) is 31.1 Å². The van der Waals surface area contributed by atoms with E-state index < -0.39 is 0 Å². The first-order valence-corrected chi connectivity index (χ1v) is 6.77. The number of anilines is 1. The Morgan fingerprint density at radius 2 is 1.90 bits per heavy atom. The predicted molar refractivity (Wildman–Crippen MR) is 82.1 cm³/mol. The lowest BCUT2D eigenvalue weighted by Gasteiger charge is -2.36. The molecule has 1 aliphatic heterocycles. The van der Waals surface area contributed by atoms with Gasteiger partial charge in [-0.05, 0) is 5.92 Å². The number of carbonyl (C=O) groups excluding carboxylic acids is 1. The highest BCUT2D eigenvalue weighted by atomic mass is 35.5. The summed E-state index contributed by atoms with van der Waals surface area (Å²) in [4.78, 5) is 16.3. The fourth-order valence-corrected chi connectivity index (χ4v) is 2.25. The highest BCUT2D eigenvalue weighted by molar-refractivity contribution is 5.85. The monoisotopic (exact) mass is 301 g/mol. The second-order valence-electron chi connectivity index (χ2n) is 5.45. The van der Waals surface area contributed by atoms with E-state index in [0.29, 0.717) is 0 Å². The molecule has 0 aromatic carbocycles.